The molecule has 0 aromatic carbocycles. The molecule has 130 valence electrons. The fourth-order valence-corrected chi connectivity index (χ4v) is 3.61. The van der Waals surface area contributed by atoms with Crippen molar-refractivity contribution in [1.29, 1.82) is 0 Å². The summed E-state index contributed by atoms with van der Waals surface area (Å²) in [5.74, 6) is 0. The van der Waals surface area contributed by atoms with Crippen molar-refractivity contribution in [2.45, 2.75) is 6.92 Å². The summed E-state index contributed by atoms with van der Waals surface area (Å²) in [4.78, 5) is 19.2. The van der Waals surface area contributed by atoms with Crippen molar-refractivity contribution in [2.75, 3.05) is 0 Å². The topological polar surface area (TPSA) is 80.2 Å². The van der Waals surface area contributed by atoms with Crippen LogP contribution in [-0.4, -0.2) is 30.1 Å². The fraction of sp³-hybridized carbons (Fsp3) is 0.0500. The minimum atomic E-state index is 0.831. The lowest BCUT2D eigenvalue weighted by molar-refractivity contribution is 1.08. The highest BCUT2D eigenvalue weighted by atomic mass is 32.1. The van der Waals surface area contributed by atoms with Gasteiger partial charge in [-0.1, -0.05) is 6.07 Å². The minimum Gasteiger partial charge on any atom is -0.276 e. The maximum atomic E-state index is 4.83. The van der Waals surface area contributed by atoms with Crippen molar-refractivity contribution in [3.8, 4) is 33.1 Å². The summed E-state index contributed by atoms with van der Waals surface area (Å²) < 4.78 is 0. The van der Waals surface area contributed by atoms with E-state index in [0.717, 1.165) is 49.8 Å². The van der Waals surface area contributed by atoms with Crippen LogP contribution in [0.2, 0.25) is 0 Å². The molecule has 0 saturated heterocycles. The molecule has 5 heterocycles. The van der Waals surface area contributed by atoms with Gasteiger partial charge in [0.25, 0.3) is 0 Å². The number of hydrogen-bond donors (Lipinski definition) is 1. The Bertz CT molecular complexity index is 1240. The molecule has 5 aromatic heterocycles. The van der Waals surface area contributed by atoms with E-state index in [0.29, 0.717) is 0 Å². The van der Waals surface area contributed by atoms with Crippen molar-refractivity contribution < 1.29 is 0 Å². The van der Waals surface area contributed by atoms with E-state index in [4.69, 9.17) is 4.98 Å². The molecule has 0 radical (unpaired) electrons. The zero-order chi connectivity index (χ0) is 18.2. The second-order valence-corrected chi connectivity index (χ2v) is 7.03. The number of aryl methyl sites for hydroxylation is 1. The molecule has 0 spiro atoms. The molecule has 0 aliphatic heterocycles. The van der Waals surface area contributed by atoms with E-state index in [9.17, 15) is 0 Å². The molecule has 0 aliphatic carbocycles. The first-order valence-corrected chi connectivity index (χ1v) is 9.29. The lowest BCUT2D eigenvalue weighted by atomic mass is 10.1. The van der Waals surface area contributed by atoms with E-state index in [1.807, 2.05) is 61.2 Å². The van der Waals surface area contributed by atoms with E-state index in [2.05, 4.69) is 25.1 Å². The van der Waals surface area contributed by atoms with E-state index in [-0.39, 0.29) is 0 Å². The third kappa shape index (κ3) is 2.88. The lowest BCUT2D eigenvalue weighted by Gasteiger charge is -2.06. The number of thiazole rings is 1. The molecule has 0 atom stereocenters. The van der Waals surface area contributed by atoms with Crippen LogP contribution in [0.4, 0.5) is 0 Å². The van der Waals surface area contributed by atoms with E-state index >= 15 is 0 Å². The average Bonchev–Trinajstić information content (AvgIpc) is 3.39. The second kappa shape index (κ2) is 6.37. The van der Waals surface area contributed by atoms with Gasteiger partial charge in [-0.3, -0.25) is 20.1 Å². The predicted octanol–water partition coefficient (Wildman–Crippen LogP) is 4.51. The molecule has 0 amide bonds. The molecule has 6 nitrogen and oxygen atoms in total. The maximum Gasteiger partial charge on any atom is 0.0928 e. The minimum absolute atomic E-state index is 0.831. The van der Waals surface area contributed by atoms with Crippen LogP contribution in [0.3, 0.4) is 0 Å². The highest BCUT2D eigenvalue weighted by Gasteiger charge is 2.13. The molecule has 0 fully saturated rings. The Morgan fingerprint density at radius 3 is 2.74 bits per heavy atom. The summed E-state index contributed by atoms with van der Waals surface area (Å²) in [7, 11) is 0. The number of H-pyrrole nitrogens is 1. The molecule has 27 heavy (non-hydrogen) atoms. The molecular weight excluding hydrogens is 356 g/mol. The van der Waals surface area contributed by atoms with Crippen molar-refractivity contribution >= 4 is 22.4 Å². The smallest absolute Gasteiger partial charge is 0.0928 e. The van der Waals surface area contributed by atoms with Crippen molar-refractivity contribution in [3.63, 3.8) is 0 Å². The Kier molecular flexibility index (Phi) is 3.72. The van der Waals surface area contributed by atoms with Gasteiger partial charge in [0.2, 0.25) is 0 Å². The Hall–Kier alpha value is -3.45. The number of fused-ring (bicyclic) bond motifs is 1. The number of rotatable bonds is 3. The van der Waals surface area contributed by atoms with Crippen LogP contribution in [0.25, 0.3) is 44.1 Å². The zero-order valence-electron chi connectivity index (χ0n) is 14.4. The summed E-state index contributed by atoms with van der Waals surface area (Å²) in [5.41, 5.74) is 8.93. The Labute approximate surface area is 159 Å². The van der Waals surface area contributed by atoms with Gasteiger partial charge in [-0.25, -0.2) is 4.98 Å². The Morgan fingerprint density at radius 1 is 0.926 bits per heavy atom. The molecule has 0 saturated carbocycles. The van der Waals surface area contributed by atoms with Crippen molar-refractivity contribution in [3.05, 3.63) is 66.2 Å². The van der Waals surface area contributed by atoms with Gasteiger partial charge in [-0.2, -0.15) is 5.10 Å². The van der Waals surface area contributed by atoms with E-state index in [1.54, 1.807) is 17.5 Å². The molecule has 1 N–H and O–H groups in total. The molecule has 5 rings (SSSR count). The van der Waals surface area contributed by atoms with Gasteiger partial charge in [-0.15, -0.1) is 11.3 Å². The zero-order valence-corrected chi connectivity index (χ0v) is 15.2. The number of nitrogens with one attached hydrogen (secondary N) is 1. The normalized spacial score (nSPS) is 11.1. The fourth-order valence-electron chi connectivity index (χ4n) is 3.01. The number of hydrogen-bond acceptors (Lipinski definition) is 6. The van der Waals surface area contributed by atoms with E-state index in [1.165, 1.54) is 0 Å². The summed E-state index contributed by atoms with van der Waals surface area (Å²) in [6.07, 6.45) is 5.49. The molecule has 0 aliphatic rings. The van der Waals surface area contributed by atoms with Crippen LogP contribution >= 0.6 is 11.3 Å². The first-order valence-electron chi connectivity index (χ1n) is 8.41. The van der Waals surface area contributed by atoms with Crippen LogP contribution in [0, 0.1) is 6.92 Å². The SMILES string of the molecule is Cc1cccc(-c2[nH]ncc2-c2ccc3ncc(-c4cncs4)cc3n2)n1. The molecule has 5 aromatic rings. The summed E-state index contributed by atoms with van der Waals surface area (Å²) >= 11 is 1.59. The molecular formula is C20H14N6S. The van der Waals surface area contributed by atoms with E-state index < -0.39 is 0 Å². The Morgan fingerprint density at radius 2 is 1.89 bits per heavy atom. The highest BCUT2D eigenvalue weighted by molar-refractivity contribution is 7.13. The van der Waals surface area contributed by atoms with Gasteiger partial charge in [0, 0.05) is 29.2 Å². The van der Waals surface area contributed by atoms with Gasteiger partial charge in [0.15, 0.2) is 0 Å². The highest BCUT2D eigenvalue weighted by Crippen LogP contribution is 2.30. The average molecular weight is 370 g/mol. The largest absolute Gasteiger partial charge is 0.276 e. The van der Waals surface area contributed by atoms with Crippen LogP contribution in [0.5, 0.6) is 0 Å². The monoisotopic (exact) mass is 370 g/mol. The van der Waals surface area contributed by atoms with Crippen LogP contribution in [0.1, 0.15) is 5.69 Å². The third-order valence-electron chi connectivity index (χ3n) is 4.31. The molecule has 0 bridgehead atoms. The quantitative estimate of drug-likeness (QED) is 0.505. The number of pyridine rings is 3. The summed E-state index contributed by atoms with van der Waals surface area (Å²) in [5, 5.41) is 7.27. The standard InChI is InChI=1S/C20H14N6S/c1-12-3-2-4-17(24-12)20-14(9-23-26-20)15-5-6-16-18(25-15)7-13(8-22-16)19-10-21-11-27-19/h2-11H,1H3,(H,23,26). The van der Waals surface area contributed by atoms with Crippen molar-refractivity contribution in [2.24, 2.45) is 0 Å². The first kappa shape index (κ1) is 15.8. The molecule has 0 unspecified atom stereocenters. The summed E-state index contributed by atoms with van der Waals surface area (Å²) in [6, 6.07) is 11.9. The lowest BCUT2D eigenvalue weighted by Crippen LogP contribution is -1.91. The number of aromatic nitrogens is 6. The van der Waals surface area contributed by atoms with Gasteiger partial charge in [0.05, 0.1) is 44.7 Å². The Balaban J connectivity index is 1.63. The maximum absolute atomic E-state index is 4.83. The van der Waals surface area contributed by atoms with Gasteiger partial charge < -0.3 is 0 Å². The van der Waals surface area contributed by atoms with Crippen LogP contribution in [-0.2, 0) is 0 Å². The van der Waals surface area contributed by atoms with Crippen LogP contribution in [0.15, 0.2) is 60.5 Å². The first-order chi connectivity index (χ1) is 13.3. The van der Waals surface area contributed by atoms with Gasteiger partial charge in [0.1, 0.15) is 0 Å². The number of aromatic amines is 1. The van der Waals surface area contributed by atoms with Crippen molar-refractivity contribution in [1.82, 2.24) is 30.1 Å². The van der Waals surface area contributed by atoms with Gasteiger partial charge >= 0.3 is 0 Å². The second-order valence-electron chi connectivity index (χ2n) is 6.15. The van der Waals surface area contributed by atoms with Crippen LogP contribution < -0.4 is 0 Å². The summed E-state index contributed by atoms with van der Waals surface area (Å²) in [6.45, 7) is 1.97. The predicted molar refractivity (Wildman–Crippen MR) is 106 cm³/mol. The number of nitrogens with zero attached hydrogens (tertiary/aromatic N) is 5. The third-order valence-corrected chi connectivity index (χ3v) is 5.14. The molecule has 7 heteroatoms. The van der Waals surface area contributed by atoms with Gasteiger partial charge in [-0.05, 0) is 37.3 Å².